The molecule has 2 atom stereocenters. The maximum Gasteiger partial charge on any atom is 0.315 e. The van der Waals surface area contributed by atoms with Gasteiger partial charge in [0.05, 0.1) is 12.1 Å². The summed E-state index contributed by atoms with van der Waals surface area (Å²) < 4.78 is 0. The van der Waals surface area contributed by atoms with Crippen LogP contribution in [0.2, 0.25) is 0 Å². The second kappa shape index (κ2) is 6.57. The molecule has 0 saturated heterocycles. The van der Waals surface area contributed by atoms with Gasteiger partial charge in [-0.05, 0) is 17.5 Å². The predicted molar refractivity (Wildman–Crippen MR) is 75.0 cm³/mol. The van der Waals surface area contributed by atoms with E-state index in [2.05, 4.69) is 17.6 Å². The Morgan fingerprint density at radius 2 is 2.16 bits per heavy atom. The van der Waals surface area contributed by atoms with E-state index in [1.165, 1.54) is 0 Å². The molecule has 1 aromatic carbocycles. The van der Waals surface area contributed by atoms with Crippen molar-refractivity contribution >= 4 is 6.03 Å². The fraction of sp³-hybridized carbons (Fsp3) is 0.533. The summed E-state index contributed by atoms with van der Waals surface area (Å²) in [5.74, 6) is 0. The van der Waals surface area contributed by atoms with Crippen molar-refractivity contribution in [3.8, 4) is 0 Å². The Kier molecular flexibility index (Phi) is 4.80. The van der Waals surface area contributed by atoms with Crippen LogP contribution in [-0.4, -0.2) is 23.8 Å². The highest BCUT2D eigenvalue weighted by atomic mass is 16.3. The molecule has 0 spiro atoms. The topological polar surface area (TPSA) is 61.4 Å². The van der Waals surface area contributed by atoms with Gasteiger partial charge >= 0.3 is 6.03 Å². The highest BCUT2D eigenvalue weighted by molar-refractivity contribution is 5.74. The van der Waals surface area contributed by atoms with E-state index in [4.69, 9.17) is 0 Å². The summed E-state index contributed by atoms with van der Waals surface area (Å²) in [7, 11) is 0. The number of carbonyl (C=O) groups excluding carboxylic acids is 1. The summed E-state index contributed by atoms with van der Waals surface area (Å²) in [4.78, 5) is 11.8. The maximum atomic E-state index is 11.8. The molecule has 0 bridgehead atoms. The van der Waals surface area contributed by atoms with Gasteiger partial charge in [0.2, 0.25) is 0 Å². The summed E-state index contributed by atoms with van der Waals surface area (Å²) in [6.07, 6.45) is 3.33. The second-order valence-electron chi connectivity index (χ2n) is 5.06. The zero-order valence-corrected chi connectivity index (χ0v) is 11.4. The lowest BCUT2D eigenvalue weighted by atomic mass is 10.1. The average Bonchev–Trinajstić information content (AvgIpc) is 2.72. The van der Waals surface area contributed by atoms with Gasteiger partial charge in [-0.25, -0.2) is 4.79 Å². The van der Waals surface area contributed by atoms with Crippen LogP contribution in [0.15, 0.2) is 24.3 Å². The monoisotopic (exact) mass is 262 g/mol. The van der Waals surface area contributed by atoms with Crippen molar-refractivity contribution in [2.45, 2.75) is 44.8 Å². The number of hydrogen-bond acceptors (Lipinski definition) is 2. The van der Waals surface area contributed by atoms with Gasteiger partial charge in [-0.2, -0.15) is 0 Å². The largest absolute Gasteiger partial charge is 0.390 e. The third kappa shape index (κ3) is 3.47. The molecule has 19 heavy (non-hydrogen) atoms. The molecule has 0 unspecified atom stereocenters. The summed E-state index contributed by atoms with van der Waals surface area (Å²) in [5.41, 5.74) is 2.14. The Hall–Kier alpha value is -1.55. The minimum absolute atomic E-state index is 0.197. The molecule has 0 radical (unpaired) electrons. The first-order chi connectivity index (χ1) is 9.22. The summed E-state index contributed by atoms with van der Waals surface area (Å²) in [6, 6.07) is 7.37. The van der Waals surface area contributed by atoms with Crippen LogP contribution in [0.3, 0.4) is 0 Å². The van der Waals surface area contributed by atoms with Crippen molar-refractivity contribution in [3.05, 3.63) is 35.4 Å². The first kappa shape index (κ1) is 13.9. The molecule has 0 heterocycles. The lowest BCUT2D eigenvalue weighted by Crippen LogP contribution is -2.41. The van der Waals surface area contributed by atoms with E-state index in [0.717, 1.165) is 30.4 Å². The molecule has 3 N–H and O–H groups in total. The van der Waals surface area contributed by atoms with Gasteiger partial charge in [-0.15, -0.1) is 0 Å². The van der Waals surface area contributed by atoms with Crippen molar-refractivity contribution < 1.29 is 9.90 Å². The van der Waals surface area contributed by atoms with E-state index in [1.54, 1.807) is 0 Å². The Morgan fingerprint density at radius 3 is 2.95 bits per heavy atom. The maximum absolute atomic E-state index is 11.8. The van der Waals surface area contributed by atoms with Crippen molar-refractivity contribution in [3.63, 3.8) is 0 Å². The van der Waals surface area contributed by atoms with Gasteiger partial charge < -0.3 is 15.7 Å². The Morgan fingerprint density at radius 1 is 1.37 bits per heavy atom. The minimum Gasteiger partial charge on any atom is -0.390 e. The molecule has 0 saturated carbocycles. The average molecular weight is 262 g/mol. The van der Waals surface area contributed by atoms with Crippen molar-refractivity contribution in [2.75, 3.05) is 6.54 Å². The SMILES string of the molecule is CCCCCNC(=O)N[C@@H]1c2ccccc2C[C@@H]1O. The predicted octanol–water partition coefficient (Wildman–Crippen LogP) is 2.13. The van der Waals surface area contributed by atoms with Crippen LogP contribution in [0.4, 0.5) is 4.79 Å². The van der Waals surface area contributed by atoms with Gasteiger partial charge in [0.1, 0.15) is 0 Å². The van der Waals surface area contributed by atoms with Crippen LogP contribution in [0.1, 0.15) is 43.4 Å². The quantitative estimate of drug-likeness (QED) is 0.712. The normalized spacial score (nSPS) is 20.9. The third-order valence-electron chi connectivity index (χ3n) is 3.56. The van der Waals surface area contributed by atoms with Gasteiger partial charge in [-0.1, -0.05) is 44.0 Å². The number of unbranched alkanes of at least 4 members (excludes halogenated alkanes) is 2. The lowest BCUT2D eigenvalue weighted by molar-refractivity contribution is 0.142. The van der Waals surface area contributed by atoms with Gasteiger partial charge in [0.25, 0.3) is 0 Å². The van der Waals surface area contributed by atoms with E-state index in [1.807, 2.05) is 24.3 Å². The van der Waals surface area contributed by atoms with Gasteiger partial charge in [0.15, 0.2) is 0 Å². The molecule has 1 aliphatic carbocycles. The number of rotatable bonds is 5. The molecule has 1 aliphatic rings. The zero-order valence-electron chi connectivity index (χ0n) is 11.4. The van der Waals surface area contributed by atoms with Gasteiger partial charge in [-0.3, -0.25) is 0 Å². The molecular formula is C15H22N2O2. The van der Waals surface area contributed by atoms with Crippen LogP contribution >= 0.6 is 0 Å². The molecule has 4 heteroatoms. The Balaban J connectivity index is 1.87. The van der Waals surface area contributed by atoms with Crippen LogP contribution in [0, 0.1) is 0 Å². The zero-order chi connectivity index (χ0) is 13.7. The number of amides is 2. The number of fused-ring (bicyclic) bond motifs is 1. The minimum atomic E-state index is -0.529. The van der Waals surface area contributed by atoms with E-state index < -0.39 is 6.10 Å². The third-order valence-corrected chi connectivity index (χ3v) is 3.56. The molecule has 104 valence electrons. The first-order valence-corrected chi connectivity index (χ1v) is 7.02. The number of hydrogen-bond donors (Lipinski definition) is 3. The van der Waals surface area contributed by atoms with Crippen molar-refractivity contribution in [1.29, 1.82) is 0 Å². The highest BCUT2D eigenvalue weighted by Crippen LogP contribution is 2.30. The molecule has 0 aliphatic heterocycles. The summed E-state index contributed by atoms with van der Waals surface area (Å²) in [5, 5.41) is 15.7. The molecule has 2 rings (SSSR count). The number of carbonyl (C=O) groups is 1. The molecule has 0 fully saturated rings. The molecular weight excluding hydrogens is 240 g/mol. The van der Waals surface area contributed by atoms with E-state index in [0.29, 0.717) is 13.0 Å². The van der Waals surface area contributed by atoms with E-state index in [9.17, 15) is 9.90 Å². The van der Waals surface area contributed by atoms with Crippen LogP contribution in [-0.2, 0) is 6.42 Å². The number of urea groups is 1. The summed E-state index contributed by atoms with van der Waals surface area (Å²) >= 11 is 0. The fourth-order valence-electron chi connectivity index (χ4n) is 2.52. The number of nitrogens with one attached hydrogen (secondary N) is 2. The molecule has 1 aromatic rings. The van der Waals surface area contributed by atoms with Crippen LogP contribution < -0.4 is 10.6 Å². The Labute approximate surface area is 114 Å². The Bertz CT molecular complexity index is 434. The van der Waals surface area contributed by atoms with Gasteiger partial charge in [0, 0.05) is 13.0 Å². The lowest BCUT2D eigenvalue weighted by Gasteiger charge is -2.18. The number of aliphatic hydroxyl groups excluding tert-OH is 1. The van der Waals surface area contributed by atoms with Crippen molar-refractivity contribution in [1.82, 2.24) is 10.6 Å². The number of aliphatic hydroxyl groups is 1. The van der Waals surface area contributed by atoms with Crippen molar-refractivity contribution in [2.24, 2.45) is 0 Å². The van der Waals surface area contributed by atoms with E-state index in [-0.39, 0.29) is 12.1 Å². The smallest absolute Gasteiger partial charge is 0.315 e. The second-order valence-corrected chi connectivity index (χ2v) is 5.06. The molecule has 4 nitrogen and oxygen atoms in total. The van der Waals surface area contributed by atoms with E-state index >= 15 is 0 Å². The molecule has 2 amide bonds. The summed E-state index contributed by atoms with van der Waals surface area (Å²) in [6.45, 7) is 2.82. The standard InChI is InChI=1S/C15H22N2O2/c1-2-3-6-9-16-15(19)17-14-12-8-5-4-7-11(12)10-13(14)18/h4-5,7-8,13-14,18H,2-3,6,9-10H2,1H3,(H2,16,17,19)/t13-,14+/m0/s1. The van der Waals surface area contributed by atoms with Crippen LogP contribution in [0.5, 0.6) is 0 Å². The fourth-order valence-corrected chi connectivity index (χ4v) is 2.52. The van der Waals surface area contributed by atoms with Crippen LogP contribution in [0.25, 0.3) is 0 Å². The molecule has 0 aromatic heterocycles. The number of benzene rings is 1. The highest BCUT2D eigenvalue weighted by Gasteiger charge is 2.31. The first-order valence-electron chi connectivity index (χ1n) is 7.02.